The third-order valence-electron chi connectivity index (χ3n) is 8.13. The third kappa shape index (κ3) is 5.33. The molecule has 1 saturated heterocycles. The molecule has 2 aromatic carbocycles. The number of nitrogens with zero attached hydrogens (tertiary/aromatic N) is 4. The Morgan fingerprint density at radius 2 is 1.87 bits per heavy atom. The maximum absolute atomic E-state index is 13.6. The van der Waals surface area contributed by atoms with Crippen molar-refractivity contribution < 1.29 is 9.59 Å². The molecular weight excluding hydrogens is 508 g/mol. The van der Waals surface area contributed by atoms with Crippen molar-refractivity contribution in [3.63, 3.8) is 0 Å². The van der Waals surface area contributed by atoms with E-state index in [9.17, 15) is 9.59 Å². The lowest BCUT2D eigenvalue weighted by molar-refractivity contribution is 0.0735. The van der Waals surface area contributed by atoms with Crippen molar-refractivity contribution in [1.29, 1.82) is 0 Å². The van der Waals surface area contributed by atoms with Crippen LogP contribution in [0.2, 0.25) is 0 Å². The lowest BCUT2D eigenvalue weighted by Gasteiger charge is -2.27. The average molecular weight is 543 g/mol. The van der Waals surface area contributed by atoms with Gasteiger partial charge in [0.1, 0.15) is 0 Å². The van der Waals surface area contributed by atoms with E-state index < -0.39 is 0 Å². The molecule has 1 aliphatic carbocycles. The lowest BCUT2D eigenvalue weighted by atomic mass is 9.97. The Hall–Kier alpha value is -3.56. The second-order valence-electron chi connectivity index (χ2n) is 10.9. The highest BCUT2D eigenvalue weighted by Crippen LogP contribution is 2.35. The fourth-order valence-corrected chi connectivity index (χ4v) is 6.96. The maximum Gasteiger partial charge on any atom is 0.257 e. The fraction of sp³-hybridized carbons (Fsp3) is 0.400. The molecule has 3 aromatic rings. The number of carbonyl (C=O) groups is 2. The number of hydrogen-bond donors (Lipinski definition) is 2. The van der Waals surface area contributed by atoms with Gasteiger partial charge in [-0.3, -0.25) is 14.9 Å². The van der Waals surface area contributed by atoms with Crippen molar-refractivity contribution in [3.8, 4) is 0 Å². The summed E-state index contributed by atoms with van der Waals surface area (Å²) in [5.41, 5.74) is 7.46. The van der Waals surface area contributed by atoms with Crippen LogP contribution in [0.4, 0.5) is 5.13 Å². The van der Waals surface area contributed by atoms with Gasteiger partial charge in [0.2, 0.25) is 0 Å². The van der Waals surface area contributed by atoms with Gasteiger partial charge in [-0.05, 0) is 81.6 Å². The predicted octanol–water partition coefficient (Wildman–Crippen LogP) is 4.46. The summed E-state index contributed by atoms with van der Waals surface area (Å²) in [5.74, 6) is 0.0455. The minimum absolute atomic E-state index is 0.0292. The number of benzene rings is 2. The van der Waals surface area contributed by atoms with Crippen molar-refractivity contribution in [2.75, 3.05) is 32.5 Å². The number of aryl methyl sites for hydroxylation is 1. The van der Waals surface area contributed by atoms with Gasteiger partial charge in [0.25, 0.3) is 11.8 Å². The molecule has 3 heterocycles. The van der Waals surface area contributed by atoms with Crippen LogP contribution in [-0.2, 0) is 12.8 Å². The first-order chi connectivity index (χ1) is 19.0. The molecule has 1 aromatic heterocycles. The smallest absolute Gasteiger partial charge is 0.257 e. The molecule has 1 unspecified atom stereocenters. The number of thiazole rings is 1. The zero-order valence-corrected chi connectivity index (χ0v) is 23.2. The lowest BCUT2D eigenvalue weighted by Crippen LogP contribution is -2.32. The molecule has 6 rings (SSSR count). The summed E-state index contributed by atoms with van der Waals surface area (Å²) in [5, 5.41) is 7.80. The van der Waals surface area contributed by atoms with Crippen LogP contribution in [0, 0.1) is 0 Å². The number of hydrogen-bond acceptors (Lipinski definition) is 7. The monoisotopic (exact) mass is 542 g/mol. The number of amides is 2. The molecule has 2 N–H and O–H groups in total. The summed E-state index contributed by atoms with van der Waals surface area (Å²) in [7, 11) is 4.23. The van der Waals surface area contributed by atoms with Crippen LogP contribution in [0.3, 0.4) is 0 Å². The Morgan fingerprint density at radius 3 is 2.67 bits per heavy atom. The average Bonchev–Trinajstić information content (AvgIpc) is 3.73. The molecule has 2 amide bonds. The number of likely N-dealkylation sites (tertiary alicyclic amines) is 1. The molecule has 0 bridgehead atoms. The van der Waals surface area contributed by atoms with Gasteiger partial charge in [-0.25, -0.2) is 4.98 Å². The first kappa shape index (κ1) is 25.7. The Morgan fingerprint density at radius 1 is 1.08 bits per heavy atom. The summed E-state index contributed by atoms with van der Waals surface area (Å²) in [6.45, 7) is 1.45. The molecule has 9 heteroatoms. The molecule has 1 fully saturated rings. The van der Waals surface area contributed by atoms with E-state index in [-0.39, 0.29) is 23.8 Å². The first-order valence-electron chi connectivity index (χ1n) is 13.7. The van der Waals surface area contributed by atoms with Crippen LogP contribution >= 0.6 is 11.3 Å². The van der Waals surface area contributed by atoms with E-state index in [0.29, 0.717) is 28.8 Å². The van der Waals surface area contributed by atoms with Crippen LogP contribution in [-0.4, -0.2) is 66.0 Å². The van der Waals surface area contributed by atoms with Crippen LogP contribution in [0.1, 0.15) is 73.6 Å². The van der Waals surface area contributed by atoms with Gasteiger partial charge in [0.05, 0.1) is 11.7 Å². The Labute approximate surface area is 233 Å². The minimum Gasteiger partial charge on any atom is -0.332 e. The van der Waals surface area contributed by atoms with Crippen molar-refractivity contribution in [2.45, 2.75) is 50.1 Å². The molecule has 39 heavy (non-hydrogen) atoms. The number of hydrazone groups is 1. The van der Waals surface area contributed by atoms with E-state index in [1.807, 2.05) is 59.6 Å². The van der Waals surface area contributed by atoms with Crippen LogP contribution in [0.5, 0.6) is 0 Å². The molecular formula is C30H34N6O2S. The zero-order valence-electron chi connectivity index (χ0n) is 22.4. The number of carbonyl (C=O) groups excluding carboxylic acids is 2. The van der Waals surface area contributed by atoms with Gasteiger partial charge >= 0.3 is 0 Å². The molecule has 3 aliphatic rings. The van der Waals surface area contributed by atoms with Crippen LogP contribution in [0.15, 0.2) is 53.6 Å². The number of nitrogens with one attached hydrogen (secondary N) is 2. The van der Waals surface area contributed by atoms with E-state index in [0.717, 1.165) is 55.5 Å². The normalized spacial score (nSPS) is 22.1. The van der Waals surface area contributed by atoms with Crippen molar-refractivity contribution in [2.24, 2.45) is 5.10 Å². The highest BCUT2D eigenvalue weighted by Gasteiger charge is 2.31. The van der Waals surface area contributed by atoms with E-state index in [1.54, 1.807) is 11.3 Å². The number of anilines is 1. The fourth-order valence-electron chi connectivity index (χ4n) is 5.88. The van der Waals surface area contributed by atoms with E-state index >= 15 is 0 Å². The van der Waals surface area contributed by atoms with E-state index in [2.05, 4.69) is 34.8 Å². The summed E-state index contributed by atoms with van der Waals surface area (Å²) in [6.07, 6.45) is 6.71. The zero-order chi connectivity index (χ0) is 26.9. The Balaban J connectivity index is 1.16. The molecule has 0 radical (unpaired) electrons. The number of rotatable bonds is 6. The second kappa shape index (κ2) is 10.9. The molecule has 202 valence electrons. The predicted molar refractivity (Wildman–Crippen MR) is 155 cm³/mol. The van der Waals surface area contributed by atoms with Gasteiger partial charge in [-0.2, -0.15) is 5.10 Å². The van der Waals surface area contributed by atoms with Crippen LogP contribution in [0.25, 0.3) is 0 Å². The van der Waals surface area contributed by atoms with Gasteiger partial charge in [0, 0.05) is 47.3 Å². The Bertz CT molecular complexity index is 1420. The summed E-state index contributed by atoms with van der Waals surface area (Å²) in [4.78, 5) is 37.0. The highest BCUT2D eigenvalue weighted by atomic mass is 32.1. The maximum atomic E-state index is 13.6. The van der Waals surface area contributed by atoms with Crippen molar-refractivity contribution in [3.05, 3.63) is 81.4 Å². The largest absolute Gasteiger partial charge is 0.332 e. The SMILES string of the molecule is CN(C)[C@H]1CCc2nc(NC(=O)c3cccc([C@H]4CCCN4C(=O)c4cccc(C5C=NNC5)c4)c3)sc2C1. The number of aromatic nitrogens is 1. The standard InChI is InChI=1S/C30H34N6O2S/c1-35(2)24-11-12-25-27(16-24)39-30(33-25)34-28(37)21-8-4-7-20(15-21)26-10-5-13-36(26)29(38)22-9-3-6-19(14-22)23-17-31-32-18-23/h3-4,6-9,14-15,17,23-24,26,32H,5,10-13,16,18H2,1-2H3,(H,33,34,37)/t23?,24-,26+/m0/s1. The van der Waals surface area contributed by atoms with E-state index in [4.69, 9.17) is 4.98 Å². The molecule has 2 aliphatic heterocycles. The van der Waals surface area contributed by atoms with Gasteiger partial charge < -0.3 is 15.2 Å². The van der Waals surface area contributed by atoms with Gasteiger partial charge in [-0.15, -0.1) is 11.3 Å². The highest BCUT2D eigenvalue weighted by molar-refractivity contribution is 7.15. The second-order valence-corrected chi connectivity index (χ2v) is 11.9. The molecule has 0 saturated carbocycles. The third-order valence-corrected chi connectivity index (χ3v) is 9.17. The molecule has 3 atom stereocenters. The topological polar surface area (TPSA) is 89.9 Å². The summed E-state index contributed by atoms with van der Waals surface area (Å²) in [6, 6.07) is 16.0. The Kier molecular flexibility index (Phi) is 7.18. The summed E-state index contributed by atoms with van der Waals surface area (Å²) >= 11 is 1.59. The number of fused-ring (bicyclic) bond motifs is 1. The molecule has 8 nitrogen and oxygen atoms in total. The van der Waals surface area contributed by atoms with Gasteiger partial charge in [0.15, 0.2) is 5.13 Å². The number of likely N-dealkylation sites (N-methyl/N-ethyl adjacent to an activating group) is 1. The van der Waals surface area contributed by atoms with Crippen LogP contribution < -0.4 is 10.7 Å². The van der Waals surface area contributed by atoms with Crippen molar-refractivity contribution >= 4 is 34.5 Å². The quantitative estimate of drug-likeness (QED) is 0.480. The molecule has 0 spiro atoms. The summed E-state index contributed by atoms with van der Waals surface area (Å²) < 4.78 is 0. The first-order valence-corrected chi connectivity index (χ1v) is 14.5. The van der Waals surface area contributed by atoms with E-state index in [1.165, 1.54) is 4.88 Å². The van der Waals surface area contributed by atoms with Gasteiger partial charge in [-0.1, -0.05) is 24.3 Å². The minimum atomic E-state index is -0.164. The van der Waals surface area contributed by atoms with Crippen molar-refractivity contribution in [1.82, 2.24) is 20.2 Å².